The number of carbonyl (C=O) groups is 3. The third-order valence-corrected chi connectivity index (χ3v) is 12.6. The van der Waals surface area contributed by atoms with E-state index in [0.717, 1.165) is 83.5 Å². The van der Waals surface area contributed by atoms with Gasteiger partial charge in [0.1, 0.15) is 13.2 Å². The Bertz CT molecular complexity index is 1150. The normalized spacial score (nSPS) is 12.3. The topological polar surface area (TPSA) is 78.9 Å². The Balaban J connectivity index is 4.34. The molecule has 0 spiro atoms. The standard InChI is InChI=1S/C60H108O6/c1-4-7-10-13-16-19-22-24-26-28-29-30-31-32-34-35-38-41-44-47-50-53-59(62)65-56-57(55-64-58(61)52-49-46-43-40-37-21-18-15-12-9-6-3)66-60(63)54-51-48-45-42-39-36-33-27-25-23-20-17-14-11-8-5-2/h22,24,27-29,31-33,57H,4-21,23,25-26,30,34-56H2,1-3H3/b24-22-,29-28-,32-31-,33-27-. The quantitative estimate of drug-likeness (QED) is 0.0262. The van der Waals surface area contributed by atoms with Gasteiger partial charge in [-0.1, -0.05) is 243 Å². The van der Waals surface area contributed by atoms with Crippen molar-refractivity contribution in [1.29, 1.82) is 0 Å². The molecule has 0 aliphatic rings. The molecule has 0 bridgehead atoms. The van der Waals surface area contributed by atoms with Gasteiger partial charge in [-0.15, -0.1) is 0 Å². The van der Waals surface area contributed by atoms with Crippen LogP contribution in [-0.4, -0.2) is 37.2 Å². The molecule has 0 fully saturated rings. The Hall–Kier alpha value is -2.63. The van der Waals surface area contributed by atoms with E-state index in [1.54, 1.807) is 0 Å². The van der Waals surface area contributed by atoms with Crippen molar-refractivity contribution in [3.63, 3.8) is 0 Å². The van der Waals surface area contributed by atoms with E-state index in [9.17, 15) is 14.4 Å². The highest BCUT2D eigenvalue weighted by molar-refractivity contribution is 5.71. The number of hydrogen-bond acceptors (Lipinski definition) is 6. The Labute approximate surface area is 409 Å². The van der Waals surface area contributed by atoms with Crippen molar-refractivity contribution in [2.24, 2.45) is 0 Å². The van der Waals surface area contributed by atoms with Gasteiger partial charge in [-0.25, -0.2) is 0 Å². The van der Waals surface area contributed by atoms with Crippen LogP contribution >= 0.6 is 0 Å². The van der Waals surface area contributed by atoms with Crippen molar-refractivity contribution in [3.05, 3.63) is 48.6 Å². The largest absolute Gasteiger partial charge is 0.462 e. The van der Waals surface area contributed by atoms with E-state index < -0.39 is 6.10 Å². The summed E-state index contributed by atoms with van der Waals surface area (Å²) < 4.78 is 16.8. The number of unbranched alkanes of at least 4 members (excludes halogenated alkanes) is 33. The van der Waals surface area contributed by atoms with Crippen LogP contribution in [0.5, 0.6) is 0 Å². The fraction of sp³-hybridized carbons (Fsp3) is 0.817. The van der Waals surface area contributed by atoms with E-state index in [1.807, 2.05) is 0 Å². The molecule has 384 valence electrons. The van der Waals surface area contributed by atoms with Gasteiger partial charge >= 0.3 is 17.9 Å². The first-order valence-electron chi connectivity index (χ1n) is 28.6. The highest BCUT2D eigenvalue weighted by Gasteiger charge is 2.19. The Morgan fingerprint density at radius 2 is 0.545 bits per heavy atom. The van der Waals surface area contributed by atoms with Gasteiger partial charge in [-0.2, -0.15) is 0 Å². The number of ether oxygens (including phenoxy) is 3. The second-order valence-electron chi connectivity index (χ2n) is 19.2. The highest BCUT2D eigenvalue weighted by atomic mass is 16.6. The summed E-state index contributed by atoms with van der Waals surface area (Å²) in [6.07, 6.45) is 66.7. The molecule has 0 aliphatic heterocycles. The summed E-state index contributed by atoms with van der Waals surface area (Å²) in [6.45, 7) is 6.63. The number of hydrogen-bond donors (Lipinski definition) is 0. The molecular weight excluding hydrogens is 817 g/mol. The zero-order chi connectivity index (χ0) is 47.9. The zero-order valence-electron chi connectivity index (χ0n) is 44.0. The second kappa shape index (κ2) is 55.0. The smallest absolute Gasteiger partial charge is 0.306 e. The molecule has 0 aromatic heterocycles. The summed E-state index contributed by atoms with van der Waals surface area (Å²) in [5, 5.41) is 0. The van der Waals surface area contributed by atoms with Crippen LogP contribution in [0.2, 0.25) is 0 Å². The van der Waals surface area contributed by atoms with Crippen LogP contribution in [0.15, 0.2) is 48.6 Å². The minimum Gasteiger partial charge on any atom is -0.462 e. The lowest BCUT2D eigenvalue weighted by molar-refractivity contribution is -0.167. The van der Waals surface area contributed by atoms with Crippen molar-refractivity contribution in [1.82, 2.24) is 0 Å². The molecule has 0 heterocycles. The van der Waals surface area contributed by atoms with Crippen LogP contribution in [0.25, 0.3) is 0 Å². The zero-order valence-corrected chi connectivity index (χ0v) is 44.0. The van der Waals surface area contributed by atoms with Crippen molar-refractivity contribution in [3.8, 4) is 0 Å². The van der Waals surface area contributed by atoms with Gasteiger partial charge in [-0.3, -0.25) is 14.4 Å². The first-order chi connectivity index (χ1) is 32.5. The number of esters is 3. The van der Waals surface area contributed by atoms with Crippen LogP contribution < -0.4 is 0 Å². The first kappa shape index (κ1) is 63.4. The maximum absolute atomic E-state index is 12.8. The van der Waals surface area contributed by atoms with Gasteiger partial charge in [0.2, 0.25) is 0 Å². The van der Waals surface area contributed by atoms with Crippen LogP contribution in [0, 0.1) is 0 Å². The maximum Gasteiger partial charge on any atom is 0.306 e. The molecule has 6 heteroatoms. The minimum absolute atomic E-state index is 0.0782. The summed E-state index contributed by atoms with van der Waals surface area (Å²) in [7, 11) is 0. The summed E-state index contributed by atoms with van der Waals surface area (Å²) in [5.74, 6) is -0.888. The average molecular weight is 926 g/mol. The molecule has 6 nitrogen and oxygen atoms in total. The predicted octanol–water partition coefficient (Wildman–Crippen LogP) is 19.0. The van der Waals surface area contributed by atoms with Gasteiger partial charge < -0.3 is 14.2 Å². The second-order valence-corrected chi connectivity index (χ2v) is 19.2. The molecule has 0 rings (SSSR count). The van der Waals surface area contributed by atoms with Gasteiger partial charge in [0, 0.05) is 19.3 Å². The highest BCUT2D eigenvalue weighted by Crippen LogP contribution is 2.15. The minimum atomic E-state index is -0.780. The Morgan fingerprint density at radius 3 is 0.864 bits per heavy atom. The molecule has 0 N–H and O–H groups in total. The molecule has 0 aromatic carbocycles. The molecule has 0 amide bonds. The maximum atomic E-state index is 12.8. The van der Waals surface area contributed by atoms with Crippen molar-refractivity contribution >= 4 is 17.9 Å². The molecular formula is C60H108O6. The van der Waals surface area contributed by atoms with E-state index in [0.29, 0.717) is 19.3 Å². The van der Waals surface area contributed by atoms with Gasteiger partial charge in [0.15, 0.2) is 6.10 Å². The van der Waals surface area contributed by atoms with E-state index in [1.165, 1.54) is 173 Å². The summed E-state index contributed by atoms with van der Waals surface area (Å²) in [6, 6.07) is 0. The van der Waals surface area contributed by atoms with Gasteiger partial charge in [0.05, 0.1) is 0 Å². The van der Waals surface area contributed by atoms with Crippen LogP contribution in [-0.2, 0) is 28.6 Å². The third-order valence-electron chi connectivity index (χ3n) is 12.6. The lowest BCUT2D eigenvalue weighted by Gasteiger charge is -2.18. The summed E-state index contributed by atoms with van der Waals surface area (Å²) in [5.41, 5.74) is 0. The average Bonchev–Trinajstić information content (AvgIpc) is 3.31. The fourth-order valence-electron chi connectivity index (χ4n) is 8.21. The molecule has 1 atom stereocenters. The predicted molar refractivity (Wildman–Crippen MR) is 284 cm³/mol. The number of carbonyl (C=O) groups excluding carboxylic acids is 3. The van der Waals surface area contributed by atoms with E-state index in [2.05, 4.69) is 69.4 Å². The Morgan fingerprint density at radius 1 is 0.303 bits per heavy atom. The number of allylic oxidation sites excluding steroid dienone is 8. The summed E-state index contributed by atoms with van der Waals surface area (Å²) >= 11 is 0. The SMILES string of the molecule is CCCCCCC/C=C\C/C=C\C/C=C\CCCCCCCCC(=O)OCC(COC(=O)CCCCCCCCCCCCC)OC(=O)CCCCCCC/C=C\CCCCCCCCC. The van der Waals surface area contributed by atoms with E-state index >= 15 is 0 Å². The number of rotatable bonds is 52. The van der Waals surface area contributed by atoms with E-state index in [4.69, 9.17) is 14.2 Å². The molecule has 0 saturated heterocycles. The third kappa shape index (κ3) is 52.3. The van der Waals surface area contributed by atoms with Crippen LogP contribution in [0.3, 0.4) is 0 Å². The fourth-order valence-corrected chi connectivity index (χ4v) is 8.21. The molecule has 1 unspecified atom stereocenters. The van der Waals surface area contributed by atoms with Gasteiger partial charge in [0.25, 0.3) is 0 Å². The monoisotopic (exact) mass is 925 g/mol. The Kier molecular flexibility index (Phi) is 52.8. The van der Waals surface area contributed by atoms with Crippen molar-refractivity contribution in [2.75, 3.05) is 13.2 Å². The molecule has 0 aliphatic carbocycles. The molecule has 0 aromatic rings. The van der Waals surface area contributed by atoms with E-state index in [-0.39, 0.29) is 31.1 Å². The first-order valence-corrected chi connectivity index (χ1v) is 28.6. The molecule has 0 saturated carbocycles. The molecule has 0 radical (unpaired) electrons. The summed E-state index contributed by atoms with van der Waals surface area (Å²) in [4.78, 5) is 38.1. The molecule has 66 heavy (non-hydrogen) atoms. The lowest BCUT2D eigenvalue weighted by Crippen LogP contribution is -2.30. The van der Waals surface area contributed by atoms with Crippen LogP contribution in [0.1, 0.15) is 297 Å². The lowest BCUT2D eigenvalue weighted by atomic mass is 10.1. The van der Waals surface area contributed by atoms with Crippen LogP contribution in [0.4, 0.5) is 0 Å². The van der Waals surface area contributed by atoms with Crippen molar-refractivity contribution < 1.29 is 28.6 Å². The van der Waals surface area contributed by atoms with Gasteiger partial charge in [-0.05, 0) is 83.5 Å². The van der Waals surface area contributed by atoms with Crippen molar-refractivity contribution in [2.45, 2.75) is 303 Å².